The number of hydrogen-bond donors (Lipinski definition) is 0. The summed E-state index contributed by atoms with van der Waals surface area (Å²) >= 11 is 0. The molecule has 1 unspecified atom stereocenters. The quantitative estimate of drug-likeness (QED) is 0.609. The maximum atomic E-state index is 11.7. The molecule has 0 amide bonds. The molecule has 0 radical (unpaired) electrons. The SMILES string of the molecule is [2H]C1(C)Cc2ccccc2S1(=O)=O. The van der Waals surface area contributed by atoms with Crippen LogP contribution in [0.3, 0.4) is 0 Å². The number of fused-ring (bicyclic) bond motifs is 1. The summed E-state index contributed by atoms with van der Waals surface area (Å²) in [6, 6.07) is 6.84. The normalized spacial score (nSPS) is 32.6. The van der Waals surface area contributed by atoms with Crippen molar-refractivity contribution in [2.24, 2.45) is 0 Å². The van der Waals surface area contributed by atoms with Crippen molar-refractivity contribution in [1.29, 1.82) is 0 Å². The van der Waals surface area contributed by atoms with Crippen LogP contribution in [0.15, 0.2) is 29.2 Å². The average Bonchev–Trinajstić information content (AvgIpc) is 2.20. The molecule has 1 heterocycles. The third-order valence-corrected chi connectivity index (χ3v) is 4.20. The van der Waals surface area contributed by atoms with E-state index in [1.165, 1.54) is 6.92 Å². The molecule has 0 fully saturated rings. The van der Waals surface area contributed by atoms with Gasteiger partial charge in [-0.1, -0.05) is 18.2 Å². The van der Waals surface area contributed by atoms with E-state index in [9.17, 15) is 8.42 Å². The van der Waals surface area contributed by atoms with E-state index in [0.29, 0.717) is 11.3 Å². The van der Waals surface area contributed by atoms with E-state index in [2.05, 4.69) is 0 Å². The van der Waals surface area contributed by atoms with Gasteiger partial charge in [0.15, 0.2) is 9.84 Å². The van der Waals surface area contributed by atoms with Crippen LogP contribution in [-0.4, -0.2) is 13.6 Å². The lowest BCUT2D eigenvalue weighted by Crippen LogP contribution is -2.11. The molecule has 0 spiro atoms. The molecule has 1 aromatic carbocycles. The summed E-state index contributed by atoms with van der Waals surface area (Å²) in [6.45, 7) is 1.45. The van der Waals surface area contributed by atoms with E-state index in [1.807, 2.05) is 0 Å². The Morgan fingerprint density at radius 3 is 2.83 bits per heavy atom. The topological polar surface area (TPSA) is 34.1 Å². The summed E-state index contributed by atoms with van der Waals surface area (Å²) in [7, 11) is -3.42. The summed E-state index contributed by atoms with van der Waals surface area (Å²) in [5, 5.41) is -1.38. The van der Waals surface area contributed by atoms with Gasteiger partial charge in [0.2, 0.25) is 0 Å². The molecule has 1 aliphatic rings. The molecule has 1 aromatic rings. The molecule has 0 saturated carbocycles. The van der Waals surface area contributed by atoms with Gasteiger partial charge in [0.1, 0.15) is 0 Å². The summed E-state index contributed by atoms with van der Waals surface area (Å²) in [6.07, 6.45) is 0.297. The third-order valence-electron chi connectivity index (χ3n) is 2.16. The molecular formula is C9H10O2S. The van der Waals surface area contributed by atoms with Crippen LogP contribution in [0, 0.1) is 0 Å². The van der Waals surface area contributed by atoms with E-state index < -0.39 is 15.1 Å². The molecule has 0 bridgehead atoms. The largest absolute Gasteiger partial charge is 0.223 e. The Morgan fingerprint density at radius 2 is 2.17 bits per heavy atom. The monoisotopic (exact) mass is 183 g/mol. The maximum Gasteiger partial charge on any atom is 0.181 e. The van der Waals surface area contributed by atoms with Crippen molar-refractivity contribution in [3.8, 4) is 0 Å². The Bertz CT molecular complexity index is 448. The Hall–Kier alpha value is -0.830. The van der Waals surface area contributed by atoms with Gasteiger partial charge in [-0.15, -0.1) is 0 Å². The Labute approximate surface area is 73.6 Å². The van der Waals surface area contributed by atoms with E-state index in [4.69, 9.17) is 1.37 Å². The van der Waals surface area contributed by atoms with Gasteiger partial charge in [-0.3, -0.25) is 0 Å². The smallest absolute Gasteiger partial charge is 0.181 e. The predicted octanol–water partition coefficient (Wildman–Crippen LogP) is 1.40. The second kappa shape index (κ2) is 2.33. The van der Waals surface area contributed by atoms with Gasteiger partial charge in [0.25, 0.3) is 0 Å². The van der Waals surface area contributed by atoms with Crippen molar-refractivity contribution < 1.29 is 9.79 Å². The summed E-state index contributed by atoms with van der Waals surface area (Å²) in [5.74, 6) is 0. The lowest BCUT2D eigenvalue weighted by Gasteiger charge is -1.98. The Morgan fingerprint density at radius 1 is 1.50 bits per heavy atom. The summed E-state index contributed by atoms with van der Waals surface area (Å²) < 4.78 is 31.1. The molecular weight excluding hydrogens is 172 g/mol. The van der Waals surface area contributed by atoms with Crippen LogP contribution in [0.1, 0.15) is 13.9 Å². The van der Waals surface area contributed by atoms with E-state index in [0.717, 1.165) is 5.56 Å². The van der Waals surface area contributed by atoms with Gasteiger partial charge in [-0.05, 0) is 25.0 Å². The van der Waals surface area contributed by atoms with Gasteiger partial charge < -0.3 is 0 Å². The molecule has 2 rings (SSSR count). The highest BCUT2D eigenvalue weighted by atomic mass is 32.2. The van der Waals surface area contributed by atoms with Crippen LogP contribution in [0.2, 0.25) is 0 Å². The lowest BCUT2D eigenvalue weighted by atomic mass is 10.1. The molecule has 3 heteroatoms. The van der Waals surface area contributed by atoms with E-state index >= 15 is 0 Å². The minimum Gasteiger partial charge on any atom is -0.223 e. The van der Waals surface area contributed by atoms with Crippen molar-refractivity contribution in [3.63, 3.8) is 0 Å². The van der Waals surface area contributed by atoms with Crippen molar-refractivity contribution in [2.45, 2.75) is 23.5 Å². The fourth-order valence-corrected chi connectivity index (χ4v) is 2.93. The second-order valence-corrected chi connectivity index (χ2v) is 5.13. The van der Waals surface area contributed by atoms with Crippen molar-refractivity contribution >= 4 is 9.84 Å². The van der Waals surface area contributed by atoms with Gasteiger partial charge in [-0.2, -0.15) is 0 Å². The lowest BCUT2D eigenvalue weighted by molar-refractivity contribution is 0.590. The van der Waals surface area contributed by atoms with Crippen LogP contribution in [-0.2, 0) is 16.3 Å². The Balaban J connectivity index is 2.75. The first-order valence-corrected chi connectivity index (χ1v) is 5.26. The highest BCUT2D eigenvalue weighted by Gasteiger charge is 2.32. The van der Waals surface area contributed by atoms with Crippen molar-refractivity contribution in [3.05, 3.63) is 29.8 Å². The van der Waals surface area contributed by atoms with E-state index in [1.54, 1.807) is 24.3 Å². The number of sulfone groups is 1. The zero-order valence-electron chi connectivity index (χ0n) is 7.74. The predicted molar refractivity (Wildman–Crippen MR) is 46.8 cm³/mol. The van der Waals surface area contributed by atoms with Crippen molar-refractivity contribution in [1.82, 2.24) is 0 Å². The molecule has 0 aliphatic carbocycles. The second-order valence-electron chi connectivity index (χ2n) is 2.99. The molecule has 1 aliphatic heterocycles. The van der Waals surface area contributed by atoms with Gasteiger partial charge in [0.05, 0.1) is 10.1 Å². The molecule has 64 valence electrons. The average molecular weight is 183 g/mol. The minimum atomic E-state index is -3.42. The van der Waals surface area contributed by atoms with Crippen LogP contribution < -0.4 is 0 Å². The highest BCUT2D eigenvalue weighted by molar-refractivity contribution is 7.92. The standard InChI is InChI=1S/C9H10O2S/c1-7-6-8-4-2-3-5-9(8)12(7,10)11/h2-5,7H,6H2,1H3/i7D. The highest BCUT2D eigenvalue weighted by Crippen LogP contribution is 2.30. The number of rotatable bonds is 0. The zero-order chi connectivity index (χ0) is 9.69. The van der Waals surface area contributed by atoms with Crippen LogP contribution in [0.25, 0.3) is 0 Å². The molecule has 0 aromatic heterocycles. The third kappa shape index (κ3) is 0.894. The fraction of sp³-hybridized carbons (Fsp3) is 0.333. The maximum absolute atomic E-state index is 11.7. The van der Waals surface area contributed by atoms with Crippen LogP contribution >= 0.6 is 0 Å². The zero-order valence-corrected chi connectivity index (χ0v) is 7.56. The van der Waals surface area contributed by atoms with Crippen LogP contribution in [0.5, 0.6) is 0 Å². The first-order chi connectivity index (χ1) is 5.95. The molecule has 0 saturated heterocycles. The molecule has 2 nitrogen and oxygen atoms in total. The van der Waals surface area contributed by atoms with Gasteiger partial charge >= 0.3 is 0 Å². The number of benzene rings is 1. The van der Waals surface area contributed by atoms with Crippen molar-refractivity contribution in [2.75, 3.05) is 0 Å². The first kappa shape index (κ1) is 6.66. The summed E-state index contributed by atoms with van der Waals surface area (Å²) in [5.41, 5.74) is 0.764. The van der Waals surface area contributed by atoms with E-state index in [-0.39, 0.29) is 0 Å². The van der Waals surface area contributed by atoms with Gasteiger partial charge in [0, 0.05) is 1.37 Å². The summed E-state index contributed by atoms with van der Waals surface area (Å²) in [4.78, 5) is 0.326. The minimum absolute atomic E-state index is 0.297. The first-order valence-electron chi connectivity index (χ1n) is 4.28. The molecule has 1 atom stereocenters. The van der Waals surface area contributed by atoms with Crippen LogP contribution in [0.4, 0.5) is 0 Å². The Kier molecular flexibility index (Phi) is 1.29. The fourth-order valence-electron chi connectivity index (χ4n) is 1.46. The van der Waals surface area contributed by atoms with Gasteiger partial charge in [-0.25, -0.2) is 8.42 Å². The molecule has 0 N–H and O–H groups in total. The molecule has 12 heavy (non-hydrogen) atoms. The number of hydrogen-bond acceptors (Lipinski definition) is 2.